The van der Waals surface area contributed by atoms with Gasteiger partial charge in [-0.1, -0.05) is 12.1 Å². The van der Waals surface area contributed by atoms with Crippen LogP contribution in [0.4, 0.5) is 0 Å². The predicted molar refractivity (Wildman–Crippen MR) is 112 cm³/mol. The van der Waals surface area contributed by atoms with Gasteiger partial charge in [-0.25, -0.2) is 4.79 Å². The number of likely N-dealkylation sites (N-methyl/N-ethyl adjacent to an activating group) is 1. The summed E-state index contributed by atoms with van der Waals surface area (Å²) in [7, 11) is 0. The largest absolute Gasteiger partial charge is 0.480 e. The molecule has 0 spiro atoms. The van der Waals surface area contributed by atoms with Crippen LogP contribution in [0.3, 0.4) is 0 Å². The zero-order valence-corrected chi connectivity index (χ0v) is 16.7. The van der Waals surface area contributed by atoms with Crippen molar-refractivity contribution in [3.05, 3.63) is 70.8 Å². The molecule has 0 radical (unpaired) electrons. The number of nitrogen functional groups attached to an aromatic ring is 1. The van der Waals surface area contributed by atoms with Crippen LogP contribution < -0.4 is 10.5 Å². The molecule has 1 amide bonds. The molecule has 0 aliphatic heterocycles. The van der Waals surface area contributed by atoms with Crippen LogP contribution in [0.2, 0.25) is 0 Å². The number of esters is 1. The molecule has 2 aromatic carbocycles. The molecule has 0 fully saturated rings. The van der Waals surface area contributed by atoms with Gasteiger partial charge in [0.05, 0.1) is 5.56 Å². The second-order valence-corrected chi connectivity index (χ2v) is 6.49. The van der Waals surface area contributed by atoms with Crippen LogP contribution in [0.15, 0.2) is 54.1 Å². The highest BCUT2D eigenvalue weighted by molar-refractivity contribution is 5.99. The molecule has 8 heteroatoms. The molecule has 8 nitrogen and oxygen atoms in total. The van der Waals surface area contributed by atoms with E-state index < -0.39 is 11.9 Å². The van der Waals surface area contributed by atoms with Crippen LogP contribution in [0.25, 0.3) is 6.08 Å². The highest BCUT2D eigenvalue weighted by Crippen LogP contribution is 2.16. The van der Waals surface area contributed by atoms with E-state index in [0.29, 0.717) is 28.0 Å². The third-order valence-corrected chi connectivity index (χ3v) is 4.24. The normalized spacial score (nSPS) is 10.9. The molecular weight excluding hydrogens is 386 g/mol. The quantitative estimate of drug-likeness (QED) is 0.202. The van der Waals surface area contributed by atoms with Crippen molar-refractivity contribution in [2.45, 2.75) is 13.8 Å². The molecule has 0 aliphatic rings. The average molecular weight is 409 g/mol. The van der Waals surface area contributed by atoms with E-state index in [1.54, 1.807) is 68.5 Å². The van der Waals surface area contributed by atoms with Gasteiger partial charge in [-0.05, 0) is 61.9 Å². The highest BCUT2D eigenvalue weighted by atomic mass is 16.5. The van der Waals surface area contributed by atoms with Crippen LogP contribution in [0.1, 0.15) is 35.3 Å². The van der Waals surface area contributed by atoms with E-state index in [-0.39, 0.29) is 24.8 Å². The summed E-state index contributed by atoms with van der Waals surface area (Å²) in [5.74, 6) is -1.73. The number of carbonyl (C=O) groups is 3. The number of nitrogens with one attached hydrogen (secondary N) is 1. The number of carboxylic acids is 1. The van der Waals surface area contributed by atoms with Gasteiger partial charge >= 0.3 is 11.9 Å². The third kappa shape index (κ3) is 6.03. The van der Waals surface area contributed by atoms with E-state index in [0.717, 1.165) is 0 Å². The van der Waals surface area contributed by atoms with Gasteiger partial charge in [0.15, 0.2) is 0 Å². The number of hydrogen-bond donors (Lipinski definition) is 3. The summed E-state index contributed by atoms with van der Waals surface area (Å²) >= 11 is 0. The number of amides is 1. The summed E-state index contributed by atoms with van der Waals surface area (Å²) in [4.78, 5) is 36.7. The Hall–Kier alpha value is -3.94. The first-order valence-corrected chi connectivity index (χ1v) is 9.17. The molecule has 0 atom stereocenters. The summed E-state index contributed by atoms with van der Waals surface area (Å²) in [5, 5.41) is 16.2. The fourth-order valence-electron chi connectivity index (χ4n) is 2.64. The van der Waals surface area contributed by atoms with Crippen molar-refractivity contribution in [2.75, 3.05) is 13.1 Å². The number of ether oxygens (including phenoxy) is 1. The van der Waals surface area contributed by atoms with Crippen LogP contribution >= 0.6 is 0 Å². The number of benzene rings is 2. The number of amidine groups is 1. The molecule has 0 aliphatic carbocycles. The maximum Gasteiger partial charge on any atom is 0.343 e. The van der Waals surface area contributed by atoms with E-state index in [9.17, 15) is 14.4 Å². The second-order valence-electron chi connectivity index (χ2n) is 6.49. The molecule has 0 aromatic heterocycles. The molecule has 2 rings (SSSR count). The molecular formula is C22H23N3O5. The number of aliphatic carboxylic acids is 1. The van der Waals surface area contributed by atoms with Crippen molar-refractivity contribution in [1.82, 2.24) is 4.90 Å². The van der Waals surface area contributed by atoms with Gasteiger partial charge in [-0.15, -0.1) is 0 Å². The standard InChI is InChI=1S/C22H23N3O5/c1-3-25(13-19(26)27)21(28)14(2)12-15-4-6-17(7-5-15)22(29)30-18-10-8-16(9-11-18)20(23)24/h4-12H,3,13H2,1-2H3,(H3,23,24)(H,26,27)/b14-12+. The number of rotatable bonds is 8. The molecule has 0 bridgehead atoms. The first kappa shape index (κ1) is 22.4. The molecule has 2 aromatic rings. The average Bonchev–Trinajstić information content (AvgIpc) is 2.72. The molecule has 156 valence electrons. The van der Waals surface area contributed by atoms with Gasteiger partial charge in [-0.3, -0.25) is 15.0 Å². The van der Waals surface area contributed by atoms with Gasteiger partial charge in [0, 0.05) is 17.7 Å². The maximum atomic E-state index is 12.4. The Morgan fingerprint density at radius 3 is 2.13 bits per heavy atom. The lowest BCUT2D eigenvalue weighted by Gasteiger charge is -2.18. The summed E-state index contributed by atoms with van der Waals surface area (Å²) < 4.78 is 5.30. The van der Waals surface area contributed by atoms with E-state index in [4.69, 9.17) is 21.0 Å². The van der Waals surface area contributed by atoms with Crippen molar-refractivity contribution < 1.29 is 24.2 Å². The van der Waals surface area contributed by atoms with Crippen LogP contribution in [0, 0.1) is 5.41 Å². The molecule has 30 heavy (non-hydrogen) atoms. The van der Waals surface area contributed by atoms with Crippen molar-refractivity contribution in [1.29, 1.82) is 5.41 Å². The van der Waals surface area contributed by atoms with Crippen LogP contribution in [-0.2, 0) is 9.59 Å². The Kier molecular flexibility index (Phi) is 7.46. The Balaban J connectivity index is 2.06. The van der Waals surface area contributed by atoms with Gasteiger partial charge in [0.25, 0.3) is 0 Å². The molecule has 0 heterocycles. The van der Waals surface area contributed by atoms with Crippen LogP contribution in [0.5, 0.6) is 5.75 Å². The van der Waals surface area contributed by atoms with Gasteiger partial charge < -0.3 is 20.5 Å². The van der Waals surface area contributed by atoms with Crippen LogP contribution in [-0.4, -0.2) is 46.8 Å². The SMILES string of the molecule is CCN(CC(=O)O)C(=O)/C(C)=C/c1ccc(C(=O)Oc2ccc(C(=N)N)cc2)cc1. The highest BCUT2D eigenvalue weighted by Gasteiger charge is 2.16. The van der Waals surface area contributed by atoms with Crippen molar-refractivity contribution in [3.63, 3.8) is 0 Å². The lowest BCUT2D eigenvalue weighted by atomic mass is 10.1. The summed E-state index contributed by atoms with van der Waals surface area (Å²) in [6, 6.07) is 12.8. The third-order valence-electron chi connectivity index (χ3n) is 4.24. The van der Waals surface area contributed by atoms with Gasteiger partial charge in [0.2, 0.25) is 5.91 Å². The fraction of sp³-hybridized carbons (Fsp3) is 0.182. The minimum atomic E-state index is -1.07. The summed E-state index contributed by atoms with van der Waals surface area (Å²) in [6.45, 7) is 3.25. The molecule has 0 unspecified atom stereocenters. The Labute approximate surface area is 174 Å². The van der Waals surface area contributed by atoms with E-state index in [1.165, 1.54) is 4.90 Å². The lowest BCUT2D eigenvalue weighted by molar-refractivity contribution is -0.142. The second kappa shape index (κ2) is 10.0. The zero-order chi connectivity index (χ0) is 22.3. The van der Waals surface area contributed by atoms with Crippen molar-refractivity contribution >= 4 is 29.8 Å². The minimum Gasteiger partial charge on any atom is -0.480 e. The van der Waals surface area contributed by atoms with Gasteiger partial charge in [0.1, 0.15) is 18.1 Å². The first-order chi connectivity index (χ1) is 14.2. The maximum absolute atomic E-state index is 12.4. The van der Waals surface area contributed by atoms with Gasteiger partial charge in [-0.2, -0.15) is 0 Å². The number of hydrogen-bond acceptors (Lipinski definition) is 5. The number of carboxylic acid groups (broad SMARTS) is 1. The number of nitrogens with zero attached hydrogens (tertiary/aromatic N) is 1. The minimum absolute atomic E-state index is 0.0738. The summed E-state index contributed by atoms with van der Waals surface area (Å²) in [6.07, 6.45) is 1.63. The predicted octanol–water partition coefficient (Wildman–Crippen LogP) is 2.53. The molecule has 0 saturated heterocycles. The van der Waals surface area contributed by atoms with E-state index in [2.05, 4.69) is 0 Å². The summed E-state index contributed by atoms with van der Waals surface area (Å²) in [5.41, 5.74) is 7.32. The van der Waals surface area contributed by atoms with E-state index in [1.807, 2.05) is 0 Å². The van der Waals surface area contributed by atoms with Crippen molar-refractivity contribution in [3.8, 4) is 5.75 Å². The smallest absolute Gasteiger partial charge is 0.343 e. The zero-order valence-electron chi connectivity index (χ0n) is 16.7. The van der Waals surface area contributed by atoms with Crippen molar-refractivity contribution in [2.24, 2.45) is 5.73 Å². The monoisotopic (exact) mass is 409 g/mol. The number of nitrogens with two attached hydrogens (primary N) is 1. The first-order valence-electron chi connectivity index (χ1n) is 9.17. The number of carbonyl (C=O) groups excluding carboxylic acids is 2. The topological polar surface area (TPSA) is 134 Å². The molecule has 4 N–H and O–H groups in total. The Morgan fingerprint density at radius 1 is 1.07 bits per heavy atom. The Morgan fingerprint density at radius 2 is 1.63 bits per heavy atom. The Bertz CT molecular complexity index is 979. The molecule has 0 saturated carbocycles. The fourth-order valence-corrected chi connectivity index (χ4v) is 2.64. The van der Waals surface area contributed by atoms with E-state index >= 15 is 0 Å². The lowest BCUT2D eigenvalue weighted by Crippen LogP contribution is -2.35.